The molecule has 0 bridgehead atoms. The first-order valence-corrected chi connectivity index (χ1v) is 4.79. The molecule has 5 nitrogen and oxygen atoms in total. The molecule has 0 saturated heterocycles. The highest BCUT2D eigenvalue weighted by molar-refractivity contribution is 5.26. The monoisotopic (exact) mass is 203 g/mol. The molecule has 0 atom stereocenters. The Balaban J connectivity index is 2.38. The minimum atomic E-state index is 0.748. The number of nitrogens with zero attached hydrogens (tertiary/aromatic N) is 4. The largest absolute Gasteiger partial charge is 0.316 e. The first-order chi connectivity index (χ1) is 7.33. The van der Waals surface area contributed by atoms with Gasteiger partial charge in [-0.15, -0.1) is 5.10 Å². The summed E-state index contributed by atoms with van der Waals surface area (Å²) in [6.45, 7) is 2.83. The number of nitrogens with one attached hydrogen (secondary N) is 1. The summed E-state index contributed by atoms with van der Waals surface area (Å²) in [6.07, 6.45) is 3.50. The van der Waals surface area contributed by atoms with Crippen LogP contribution >= 0.6 is 0 Å². The van der Waals surface area contributed by atoms with Crippen molar-refractivity contribution in [1.29, 1.82) is 0 Å². The Bertz CT molecular complexity index is 434. The van der Waals surface area contributed by atoms with Crippen LogP contribution in [0, 0.1) is 6.92 Å². The Morgan fingerprint density at radius 2 is 2.33 bits per heavy atom. The van der Waals surface area contributed by atoms with E-state index in [-0.39, 0.29) is 0 Å². The molecule has 1 N–H and O–H groups in total. The molecule has 2 aromatic heterocycles. The highest BCUT2D eigenvalue weighted by Crippen LogP contribution is 2.10. The quantitative estimate of drug-likeness (QED) is 0.797. The van der Waals surface area contributed by atoms with Crippen LogP contribution in [0.25, 0.3) is 5.82 Å². The zero-order valence-corrected chi connectivity index (χ0v) is 8.81. The topological polar surface area (TPSA) is 55.6 Å². The lowest BCUT2D eigenvalue weighted by atomic mass is 10.2. The van der Waals surface area contributed by atoms with Crippen LogP contribution in [0.3, 0.4) is 0 Å². The average Bonchev–Trinajstić information content (AvgIpc) is 2.63. The van der Waals surface area contributed by atoms with Crippen molar-refractivity contribution >= 4 is 0 Å². The Labute approximate surface area is 88.1 Å². The lowest BCUT2D eigenvalue weighted by Gasteiger charge is -2.02. The number of hydrogen-bond acceptors (Lipinski definition) is 4. The first-order valence-electron chi connectivity index (χ1n) is 4.79. The maximum Gasteiger partial charge on any atom is 0.175 e. The summed E-state index contributed by atoms with van der Waals surface area (Å²) in [6, 6.07) is 3.73. The summed E-state index contributed by atoms with van der Waals surface area (Å²) in [4.78, 5) is 0. The van der Waals surface area contributed by atoms with Gasteiger partial charge in [0.05, 0.1) is 6.20 Å². The van der Waals surface area contributed by atoms with Crippen molar-refractivity contribution < 1.29 is 0 Å². The molecule has 15 heavy (non-hydrogen) atoms. The van der Waals surface area contributed by atoms with Gasteiger partial charge in [0.15, 0.2) is 5.82 Å². The molecule has 5 heteroatoms. The molecule has 0 aliphatic carbocycles. The molecule has 0 saturated carbocycles. The zero-order valence-electron chi connectivity index (χ0n) is 8.81. The van der Waals surface area contributed by atoms with Gasteiger partial charge in [-0.25, -0.2) is 4.68 Å². The number of aromatic nitrogens is 4. The molecule has 0 fully saturated rings. The van der Waals surface area contributed by atoms with E-state index < -0.39 is 0 Å². The summed E-state index contributed by atoms with van der Waals surface area (Å²) < 4.78 is 1.79. The first kappa shape index (κ1) is 9.79. The third kappa shape index (κ3) is 1.87. The second kappa shape index (κ2) is 4.18. The van der Waals surface area contributed by atoms with Crippen LogP contribution in [0.1, 0.15) is 11.3 Å². The average molecular weight is 203 g/mol. The molecular formula is C10H13N5. The minimum Gasteiger partial charge on any atom is -0.316 e. The fourth-order valence-electron chi connectivity index (χ4n) is 1.44. The highest BCUT2D eigenvalue weighted by atomic mass is 15.3. The van der Waals surface area contributed by atoms with E-state index in [1.54, 1.807) is 10.9 Å². The summed E-state index contributed by atoms with van der Waals surface area (Å²) in [5.41, 5.74) is 2.26. The molecule has 0 unspecified atom stereocenters. The number of hydrogen-bond donors (Lipinski definition) is 1. The molecule has 0 aliphatic rings. The van der Waals surface area contributed by atoms with Crippen LogP contribution in [0.5, 0.6) is 0 Å². The fourth-order valence-corrected chi connectivity index (χ4v) is 1.44. The number of rotatable bonds is 3. The van der Waals surface area contributed by atoms with Crippen molar-refractivity contribution in [2.45, 2.75) is 13.5 Å². The van der Waals surface area contributed by atoms with Gasteiger partial charge in [-0.05, 0) is 26.1 Å². The Morgan fingerprint density at radius 3 is 3.00 bits per heavy atom. The Kier molecular flexibility index (Phi) is 2.73. The van der Waals surface area contributed by atoms with Crippen LogP contribution < -0.4 is 5.32 Å². The van der Waals surface area contributed by atoms with Gasteiger partial charge in [-0.1, -0.05) is 0 Å². The van der Waals surface area contributed by atoms with Gasteiger partial charge in [0.2, 0.25) is 0 Å². The third-order valence-corrected chi connectivity index (χ3v) is 2.25. The molecule has 2 heterocycles. The molecule has 0 spiro atoms. The highest BCUT2D eigenvalue weighted by Gasteiger charge is 2.07. The normalized spacial score (nSPS) is 10.5. The molecule has 2 aromatic rings. The van der Waals surface area contributed by atoms with Gasteiger partial charge < -0.3 is 5.32 Å². The van der Waals surface area contributed by atoms with Gasteiger partial charge in [0, 0.05) is 24.0 Å². The van der Waals surface area contributed by atoms with Gasteiger partial charge in [0.25, 0.3) is 0 Å². The SMILES string of the molecule is CNCc1cnn(-c2cccnn2)c1C. The maximum absolute atomic E-state index is 4.28. The molecule has 78 valence electrons. The molecular weight excluding hydrogens is 190 g/mol. The van der Waals surface area contributed by atoms with Gasteiger partial charge in [0.1, 0.15) is 0 Å². The van der Waals surface area contributed by atoms with Crippen molar-refractivity contribution in [1.82, 2.24) is 25.3 Å². The maximum atomic E-state index is 4.28. The second-order valence-electron chi connectivity index (χ2n) is 3.28. The van der Waals surface area contributed by atoms with Crippen LogP contribution in [-0.2, 0) is 6.54 Å². The third-order valence-electron chi connectivity index (χ3n) is 2.25. The van der Waals surface area contributed by atoms with E-state index in [1.165, 1.54) is 5.56 Å². The van der Waals surface area contributed by atoms with Crippen molar-refractivity contribution in [3.63, 3.8) is 0 Å². The Hall–Kier alpha value is -1.75. The minimum absolute atomic E-state index is 0.748. The predicted molar refractivity (Wildman–Crippen MR) is 56.7 cm³/mol. The van der Waals surface area contributed by atoms with E-state index in [2.05, 4.69) is 20.6 Å². The summed E-state index contributed by atoms with van der Waals surface area (Å²) in [7, 11) is 1.92. The fraction of sp³-hybridized carbons (Fsp3) is 0.300. The van der Waals surface area contributed by atoms with E-state index >= 15 is 0 Å². The van der Waals surface area contributed by atoms with E-state index in [0.29, 0.717) is 0 Å². The van der Waals surface area contributed by atoms with Gasteiger partial charge in [-0.2, -0.15) is 10.2 Å². The molecule has 0 aromatic carbocycles. The van der Waals surface area contributed by atoms with Crippen molar-refractivity contribution in [2.75, 3.05) is 7.05 Å². The van der Waals surface area contributed by atoms with Crippen LogP contribution in [0.2, 0.25) is 0 Å². The van der Waals surface area contributed by atoms with E-state index in [1.807, 2.05) is 32.3 Å². The van der Waals surface area contributed by atoms with Crippen molar-refractivity contribution in [2.24, 2.45) is 0 Å². The van der Waals surface area contributed by atoms with E-state index in [9.17, 15) is 0 Å². The summed E-state index contributed by atoms with van der Waals surface area (Å²) >= 11 is 0. The standard InChI is InChI=1S/C10H13N5/c1-8-9(6-11-2)7-13-15(8)10-4-3-5-12-14-10/h3-5,7,11H,6H2,1-2H3. The molecule has 0 radical (unpaired) electrons. The Morgan fingerprint density at radius 1 is 1.47 bits per heavy atom. The zero-order chi connectivity index (χ0) is 10.7. The second-order valence-corrected chi connectivity index (χ2v) is 3.28. The predicted octanol–water partition coefficient (Wildman–Crippen LogP) is 0.690. The molecule has 2 rings (SSSR count). The lowest BCUT2D eigenvalue weighted by Crippen LogP contribution is -2.07. The van der Waals surface area contributed by atoms with E-state index in [0.717, 1.165) is 18.1 Å². The van der Waals surface area contributed by atoms with Crippen LogP contribution in [0.15, 0.2) is 24.5 Å². The van der Waals surface area contributed by atoms with Crippen LogP contribution in [0.4, 0.5) is 0 Å². The van der Waals surface area contributed by atoms with Gasteiger partial charge in [-0.3, -0.25) is 0 Å². The van der Waals surface area contributed by atoms with Crippen LogP contribution in [-0.4, -0.2) is 27.0 Å². The van der Waals surface area contributed by atoms with Crippen molar-refractivity contribution in [3.8, 4) is 5.82 Å². The summed E-state index contributed by atoms with van der Waals surface area (Å²) in [5, 5.41) is 15.2. The van der Waals surface area contributed by atoms with Gasteiger partial charge >= 0.3 is 0 Å². The molecule has 0 aliphatic heterocycles. The molecule has 0 amide bonds. The lowest BCUT2D eigenvalue weighted by molar-refractivity contribution is 0.777. The van der Waals surface area contributed by atoms with Crippen molar-refractivity contribution in [3.05, 3.63) is 35.8 Å². The smallest absolute Gasteiger partial charge is 0.175 e. The van der Waals surface area contributed by atoms with E-state index in [4.69, 9.17) is 0 Å². The summed E-state index contributed by atoms with van der Waals surface area (Å²) in [5.74, 6) is 0.748.